The molecule has 0 amide bonds. The first-order valence-corrected chi connectivity index (χ1v) is 7.33. The van der Waals surface area contributed by atoms with Gasteiger partial charge in [0, 0.05) is 12.3 Å². The summed E-state index contributed by atoms with van der Waals surface area (Å²) in [5, 5.41) is 0. The molecule has 1 nitrogen and oxygen atoms in total. The van der Waals surface area contributed by atoms with Gasteiger partial charge < -0.3 is 4.74 Å². The van der Waals surface area contributed by atoms with Gasteiger partial charge in [0.2, 0.25) is 0 Å². The number of allylic oxidation sites excluding steroid dienone is 1. The van der Waals surface area contributed by atoms with Crippen LogP contribution in [0, 0.1) is 0 Å². The van der Waals surface area contributed by atoms with E-state index in [0.717, 1.165) is 6.61 Å². The molecule has 0 aliphatic carbocycles. The van der Waals surface area contributed by atoms with Gasteiger partial charge in [0.25, 0.3) is 0 Å². The molecule has 1 heterocycles. The minimum Gasteiger partial charge on any atom is -0.382 e. The Morgan fingerprint density at radius 2 is 2.38 bits per heavy atom. The maximum absolute atomic E-state index is 5.69. The summed E-state index contributed by atoms with van der Waals surface area (Å²) in [5.41, 5.74) is 3.10. The maximum Gasteiger partial charge on any atom is 0.0791 e. The Bertz CT molecular complexity index is 139. The Kier molecular flexibility index (Phi) is 6.20. The van der Waals surface area contributed by atoms with Crippen LogP contribution in [0.5, 0.6) is 0 Å². The zero-order valence-electron chi connectivity index (χ0n) is 8.80. The van der Waals surface area contributed by atoms with Crippen LogP contribution in [0.2, 0.25) is 0 Å². The summed E-state index contributed by atoms with van der Waals surface area (Å²) in [5.74, 6) is 0. The van der Waals surface area contributed by atoms with Crippen LogP contribution in [-0.4, -0.2) is 21.9 Å². The van der Waals surface area contributed by atoms with Gasteiger partial charge in [0.05, 0.1) is 9.52 Å². The molecule has 0 aromatic heterocycles. The van der Waals surface area contributed by atoms with Crippen molar-refractivity contribution in [3.05, 3.63) is 11.8 Å². The first-order chi connectivity index (χ1) is 6.43. The third kappa shape index (κ3) is 5.27. The summed E-state index contributed by atoms with van der Waals surface area (Å²) in [6, 6.07) is 0. The van der Waals surface area contributed by atoms with Gasteiger partial charge in [-0.15, -0.1) is 5.70 Å². The predicted octanol–water partition coefficient (Wildman–Crippen LogP) is 2.39. The van der Waals surface area contributed by atoms with E-state index in [0.29, 0.717) is 5.73 Å². The summed E-state index contributed by atoms with van der Waals surface area (Å²) < 4.78 is 5.69. The summed E-state index contributed by atoms with van der Waals surface area (Å²) >= 11 is 0. The van der Waals surface area contributed by atoms with Crippen molar-refractivity contribution in [2.45, 2.75) is 51.2 Å². The highest BCUT2D eigenvalue weighted by Crippen LogP contribution is 2.11. The fourth-order valence-corrected chi connectivity index (χ4v) is 3.24. The van der Waals surface area contributed by atoms with Crippen molar-refractivity contribution >= 4 is 9.52 Å². The second kappa shape index (κ2) is 7.33. The highest BCUT2D eigenvalue weighted by Gasteiger charge is 2.11. The largest absolute Gasteiger partial charge is 0.382 e. The molecule has 0 radical (unpaired) electrons. The molecular formula is C11H22OSi. The molecule has 13 heavy (non-hydrogen) atoms. The summed E-state index contributed by atoms with van der Waals surface area (Å²) in [6.45, 7) is 3.26. The Morgan fingerprint density at radius 1 is 1.46 bits per heavy atom. The maximum atomic E-state index is 5.69. The molecule has 1 aliphatic rings. The number of hydrogen-bond donors (Lipinski definition) is 0. The van der Waals surface area contributed by atoms with Crippen LogP contribution in [-0.2, 0) is 4.74 Å². The van der Waals surface area contributed by atoms with Crippen molar-refractivity contribution in [3.63, 3.8) is 0 Å². The van der Waals surface area contributed by atoms with E-state index in [9.17, 15) is 0 Å². The van der Waals surface area contributed by atoms with Gasteiger partial charge in [0.1, 0.15) is 0 Å². The molecule has 0 aromatic carbocycles. The van der Waals surface area contributed by atoms with Crippen LogP contribution in [0.4, 0.5) is 0 Å². The quantitative estimate of drug-likeness (QED) is 0.487. The zero-order valence-corrected chi connectivity index (χ0v) is 10.2. The number of hydrogen-bond acceptors (Lipinski definition) is 1. The van der Waals surface area contributed by atoms with E-state index in [2.05, 4.69) is 18.7 Å². The van der Waals surface area contributed by atoms with E-state index in [1.54, 1.807) is 0 Å². The fourth-order valence-electron chi connectivity index (χ4n) is 1.68. The monoisotopic (exact) mass is 198 g/mol. The van der Waals surface area contributed by atoms with Crippen LogP contribution in [0.15, 0.2) is 11.8 Å². The summed E-state index contributed by atoms with van der Waals surface area (Å²) in [6.07, 6.45) is 10.3. The number of rotatable bonds is 5. The van der Waals surface area contributed by atoms with E-state index in [-0.39, 0.29) is 9.52 Å². The van der Waals surface area contributed by atoms with Crippen LogP contribution >= 0.6 is 0 Å². The lowest BCUT2D eigenvalue weighted by atomic mass is 10.2. The topological polar surface area (TPSA) is 9.23 Å². The van der Waals surface area contributed by atoms with Gasteiger partial charge in [0.15, 0.2) is 0 Å². The van der Waals surface area contributed by atoms with Gasteiger partial charge in [-0.25, -0.2) is 0 Å². The second-order valence-corrected chi connectivity index (χ2v) is 5.69. The third-order valence-corrected chi connectivity index (χ3v) is 4.34. The van der Waals surface area contributed by atoms with Crippen LogP contribution in [0.1, 0.15) is 45.4 Å². The molecule has 0 saturated carbocycles. The Balaban J connectivity index is 2.00. The van der Waals surface area contributed by atoms with Gasteiger partial charge in [-0.2, -0.15) is 0 Å². The van der Waals surface area contributed by atoms with E-state index >= 15 is 0 Å². The van der Waals surface area contributed by atoms with E-state index in [1.165, 1.54) is 38.5 Å². The molecule has 1 aliphatic heterocycles. The summed E-state index contributed by atoms with van der Waals surface area (Å²) in [7, 11) is -0.0652. The smallest absolute Gasteiger partial charge is 0.0791 e. The van der Waals surface area contributed by atoms with Crippen LogP contribution < -0.4 is 0 Å². The molecule has 0 spiro atoms. The van der Waals surface area contributed by atoms with Gasteiger partial charge in [-0.1, -0.05) is 25.8 Å². The Hall–Kier alpha value is -0.0831. The van der Waals surface area contributed by atoms with Crippen molar-refractivity contribution in [2.24, 2.45) is 0 Å². The van der Waals surface area contributed by atoms with Gasteiger partial charge in [-0.05, 0) is 25.7 Å². The van der Waals surface area contributed by atoms with Crippen molar-refractivity contribution in [1.82, 2.24) is 0 Å². The molecule has 1 rings (SSSR count). The fraction of sp³-hybridized carbons (Fsp3) is 0.818. The first kappa shape index (κ1) is 11.0. The van der Waals surface area contributed by atoms with Crippen LogP contribution in [0.25, 0.3) is 0 Å². The molecule has 0 aromatic rings. The van der Waals surface area contributed by atoms with Gasteiger partial charge in [-0.3, -0.25) is 0 Å². The van der Waals surface area contributed by atoms with E-state index in [1.807, 2.05) is 0 Å². The number of unbranched alkanes of at least 4 members (excludes halogenated alkanes) is 2. The van der Waals surface area contributed by atoms with Crippen molar-refractivity contribution < 1.29 is 4.74 Å². The third-order valence-electron chi connectivity index (χ3n) is 2.56. The SMILES string of the molecule is CCCCC=C[SiH2]C1CCCCO1. The molecule has 76 valence electrons. The molecule has 1 saturated heterocycles. The highest BCUT2D eigenvalue weighted by atomic mass is 28.2. The highest BCUT2D eigenvalue weighted by molar-refractivity contribution is 6.43. The Morgan fingerprint density at radius 3 is 3.08 bits per heavy atom. The van der Waals surface area contributed by atoms with Crippen molar-refractivity contribution in [3.8, 4) is 0 Å². The van der Waals surface area contributed by atoms with E-state index < -0.39 is 0 Å². The standard InChI is InChI=1S/C11H22OSi/c1-2-3-4-7-10-13-11-8-5-6-9-12-11/h7,10-11H,2-6,8-9,13H2,1H3. The molecule has 2 heteroatoms. The van der Waals surface area contributed by atoms with Crippen molar-refractivity contribution in [2.75, 3.05) is 6.61 Å². The van der Waals surface area contributed by atoms with Gasteiger partial charge >= 0.3 is 0 Å². The first-order valence-electron chi connectivity index (χ1n) is 5.70. The number of ether oxygens (including phenoxy) is 1. The average molecular weight is 198 g/mol. The molecular weight excluding hydrogens is 176 g/mol. The molecule has 1 fully saturated rings. The molecule has 1 atom stereocenters. The lowest BCUT2D eigenvalue weighted by Crippen LogP contribution is -2.24. The Labute approximate surface area is 84.4 Å². The minimum absolute atomic E-state index is 0.0652. The molecule has 0 bridgehead atoms. The molecule has 1 unspecified atom stereocenters. The predicted molar refractivity (Wildman–Crippen MR) is 60.8 cm³/mol. The normalized spacial score (nSPS) is 24.8. The minimum atomic E-state index is -0.0652. The second-order valence-electron chi connectivity index (χ2n) is 3.84. The van der Waals surface area contributed by atoms with Crippen LogP contribution in [0.3, 0.4) is 0 Å². The lowest BCUT2D eigenvalue weighted by molar-refractivity contribution is 0.0659. The zero-order chi connectivity index (χ0) is 9.36. The van der Waals surface area contributed by atoms with Crippen molar-refractivity contribution in [1.29, 1.82) is 0 Å². The van der Waals surface area contributed by atoms with E-state index in [4.69, 9.17) is 4.74 Å². The summed E-state index contributed by atoms with van der Waals surface area (Å²) in [4.78, 5) is 0. The average Bonchev–Trinajstić information content (AvgIpc) is 2.19. The lowest BCUT2D eigenvalue weighted by Gasteiger charge is -2.20. The molecule has 0 N–H and O–H groups in total.